The number of carboxylic acids is 1. The average Bonchev–Trinajstić information content (AvgIpc) is 2.06. The van der Waals surface area contributed by atoms with Crippen molar-refractivity contribution in [2.45, 2.75) is 12.5 Å². The van der Waals surface area contributed by atoms with Crippen molar-refractivity contribution in [1.82, 2.24) is 0 Å². The molecule has 1 aromatic carbocycles. The first kappa shape index (κ1) is 13.5. The van der Waals surface area contributed by atoms with Crippen molar-refractivity contribution in [3.05, 3.63) is 35.9 Å². The van der Waals surface area contributed by atoms with Gasteiger partial charge in [-0.05, 0) is 12.0 Å². The van der Waals surface area contributed by atoms with Crippen molar-refractivity contribution in [1.29, 1.82) is 0 Å². The maximum Gasteiger partial charge on any atom is 1.00 e. The minimum Gasteiger partial charge on any atom is -0.548 e. The van der Waals surface area contributed by atoms with Gasteiger partial charge in [-0.15, -0.1) is 0 Å². The Balaban J connectivity index is 0.00000144. The monoisotopic (exact) mass is 249 g/mol. The van der Waals surface area contributed by atoms with E-state index in [0.29, 0.717) is 6.42 Å². The van der Waals surface area contributed by atoms with E-state index in [2.05, 4.69) is 0 Å². The van der Waals surface area contributed by atoms with Crippen molar-refractivity contribution in [2.24, 2.45) is 5.73 Å². The predicted octanol–water partition coefficient (Wildman–Crippen LogP) is -3.69. The molecule has 2 N–H and O–H groups in total. The predicted molar refractivity (Wildman–Crippen MR) is 43.1 cm³/mol. The second kappa shape index (κ2) is 6.84. The van der Waals surface area contributed by atoms with E-state index in [9.17, 15) is 9.90 Å². The number of benzene rings is 1. The van der Waals surface area contributed by atoms with Gasteiger partial charge in [-0.1, -0.05) is 30.3 Å². The maximum atomic E-state index is 10.3. The number of hydrogen-bond acceptors (Lipinski definition) is 3. The number of carbonyl (C=O) groups excluding carboxylic acids is 1. The van der Waals surface area contributed by atoms with E-state index in [1.54, 1.807) is 0 Å². The van der Waals surface area contributed by atoms with Gasteiger partial charge < -0.3 is 15.6 Å². The molecule has 13 heavy (non-hydrogen) atoms. The first-order valence-electron chi connectivity index (χ1n) is 3.70. The van der Waals surface area contributed by atoms with E-state index in [1.807, 2.05) is 30.3 Å². The van der Waals surface area contributed by atoms with Crippen LogP contribution in [0.15, 0.2) is 30.3 Å². The molecule has 0 saturated carbocycles. The van der Waals surface area contributed by atoms with E-state index < -0.39 is 12.0 Å². The molecular formula is C9H10NO2Rb. The number of nitrogens with two attached hydrogens (primary N) is 1. The molecule has 0 saturated heterocycles. The third-order valence-electron chi connectivity index (χ3n) is 1.60. The molecule has 0 heterocycles. The fourth-order valence-corrected chi connectivity index (χ4v) is 0.951. The molecule has 0 spiro atoms. The summed E-state index contributed by atoms with van der Waals surface area (Å²) in [4.78, 5) is 10.3. The van der Waals surface area contributed by atoms with Crippen LogP contribution in [0, 0.1) is 0 Å². The Morgan fingerprint density at radius 2 is 1.92 bits per heavy atom. The van der Waals surface area contributed by atoms with Gasteiger partial charge in [0.05, 0.1) is 5.97 Å². The van der Waals surface area contributed by atoms with E-state index in [1.165, 1.54) is 0 Å². The van der Waals surface area contributed by atoms with Gasteiger partial charge in [0.25, 0.3) is 0 Å². The summed E-state index contributed by atoms with van der Waals surface area (Å²) in [6.07, 6.45) is 0.323. The standard InChI is InChI=1S/C9H11NO2.Rb/c10-8(9(11)12)6-7-4-2-1-3-5-7;/h1-5,8H,6,10H2,(H,11,12);/q;+1/p-1/t8-;/m1./s1. The zero-order chi connectivity index (χ0) is 8.97. The third-order valence-corrected chi connectivity index (χ3v) is 1.60. The quantitative estimate of drug-likeness (QED) is 0.600. The maximum absolute atomic E-state index is 10.3. The largest absolute Gasteiger partial charge is 1.00 e. The minimum absolute atomic E-state index is 0. The summed E-state index contributed by atoms with van der Waals surface area (Å²) in [5.74, 6) is -1.21. The van der Waals surface area contributed by atoms with E-state index in [-0.39, 0.29) is 58.2 Å². The molecule has 0 radical (unpaired) electrons. The van der Waals surface area contributed by atoms with Gasteiger partial charge >= 0.3 is 58.2 Å². The second-order valence-electron chi connectivity index (χ2n) is 2.62. The fourth-order valence-electron chi connectivity index (χ4n) is 0.951. The molecule has 0 aliphatic carbocycles. The van der Waals surface area contributed by atoms with Crippen LogP contribution in [0.2, 0.25) is 0 Å². The smallest absolute Gasteiger partial charge is 0.548 e. The van der Waals surface area contributed by atoms with Crippen LogP contribution in [0.1, 0.15) is 5.56 Å². The summed E-state index contributed by atoms with van der Waals surface area (Å²) in [6, 6.07) is 8.32. The van der Waals surface area contributed by atoms with Gasteiger partial charge in [-0.3, -0.25) is 0 Å². The Morgan fingerprint density at radius 1 is 1.38 bits per heavy atom. The molecule has 1 atom stereocenters. The van der Waals surface area contributed by atoms with Crippen molar-refractivity contribution in [3.63, 3.8) is 0 Å². The molecule has 1 aromatic rings. The third kappa shape index (κ3) is 5.03. The van der Waals surface area contributed by atoms with Crippen LogP contribution >= 0.6 is 0 Å². The molecule has 0 fully saturated rings. The zero-order valence-electron chi connectivity index (χ0n) is 7.57. The van der Waals surface area contributed by atoms with Crippen LogP contribution in [0.5, 0.6) is 0 Å². The molecule has 0 unspecified atom stereocenters. The minimum atomic E-state index is -1.21. The topological polar surface area (TPSA) is 66.2 Å². The molecule has 0 bridgehead atoms. The normalized spacial score (nSPS) is 11.5. The molecule has 0 aliphatic rings. The SMILES string of the molecule is N[C@H](Cc1ccccc1)C(=O)[O-].[Rb+]. The summed E-state index contributed by atoms with van der Waals surface area (Å²) in [5, 5.41) is 10.3. The molecule has 4 heteroatoms. The van der Waals surface area contributed by atoms with E-state index in [4.69, 9.17) is 5.73 Å². The van der Waals surface area contributed by atoms with Crippen LogP contribution in [0.25, 0.3) is 0 Å². The Morgan fingerprint density at radius 3 is 2.38 bits per heavy atom. The van der Waals surface area contributed by atoms with Gasteiger partial charge in [-0.2, -0.15) is 0 Å². The average molecular weight is 250 g/mol. The number of hydrogen-bond donors (Lipinski definition) is 1. The molecular weight excluding hydrogens is 240 g/mol. The Labute approximate surface area is 126 Å². The van der Waals surface area contributed by atoms with Crippen molar-refractivity contribution in [2.75, 3.05) is 0 Å². The second-order valence-corrected chi connectivity index (χ2v) is 2.62. The molecule has 0 amide bonds. The van der Waals surface area contributed by atoms with Crippen LogP contribution in [0.4, 0.5) is 0 Å². The zero-order valence-corrected chi connectivity index (χ0v) is 12.5. The van der Waals surface area contributed by atoms with E-state index in [0.717, 1.165) is 5.56 Å². The number of rotatable bonds is 3. The van der Waals surface area contributed by atoms with Crippen LogP contribution in [-0.4, -0.2) is 12.0 Å². The van der Waals surface area contributed by atoms with Crippen LogP contribution in [-0.2, 0) is 11.2 Å². The summed E-state index contributed by atoms with van der Waals surface area (Å²) in [5.41, 5.74) is 6.20. The molecule has 0 aromatic heterocycles. The number of aliphatic carboxylic acids is 1. The number of carboxylic acid groups (broad SMARTS) is 1. The molecule has 0 aliphatic heterocycles. The van der Waals surface area contributed by atoms with E-state index >= 15 is 0 Å². The summed E-state index contributed by atoms with van der Waals surface area (Å²) >= 11 is 0. The Kier molecular flexibility index (Phi) is 7.08. The van der Waals surface area contributed by atoms with Crippen LogP contribution in [0.3, 0.4) is 0 Å². The first-order valence-corrected chi connectivity index (χ1v) is 3.70. The molecule has 1 rings (SSSR count). The molecule has 64 valence electrons. The summed E-state index contributed by atoms with van der Waals surface area (Å²) < 4.78 is 0. The Bertz CT molecular complexity index is 264. The van der Waals surface area contributed by atoms with Gasteiger partial charge in [0.15, 0.2) is 0 Å². The molecule has 3 nitrogen and oxygen atoms in total. The fraction of sp³-hybridized carbons (Fsp3) is 0.222. The number of carbonyl (C=O) groups is 1. The van der Waals surface area contributed by atoms with Crippen LogP contribution < -0.4 is 69.0 Å². The van der Waals surface area contributed by atoms with Gasteiger partial charge in [-0.25, -0.2) is 0 Å². The van der Waals surface area contributed by atoms with Crippen molar-refractivity contribution >= 4 is 5.97 Å². The van der Waals surface area contributed by atoms with Crippen molar-refractivity contribution < 1.29 is 68.1 Å². The summed E-state index contributed by atoms with van der Waals surface area (Å²) in [7, 11) is 0. The van der Waals surface area contributed by atoms with Crippen molar-refractivity contribution in [3.8, 4) is 0 Å². The van der Waals surface area contributed by atoms with Gasteiger partial charge in [0.1, 0.15) is 0 Å². The summed E-state index contributed by atoms with van der Waals surface area (Å²) in [6.45, 7) is 0. The first-order chi connectivity index (χ1) is 5.70. The Hall–Kier alpha value is 0.455. The van der Waals surface area contributed by atoms with Gasteiger partial charge in [0.2, 0.25) is 0 Å². The van der Waals surface area contributed by atoms with Gasteiger partial charge in [0, 0.05) is 6.04 Å².